The lowest BCUT2D eigenvalue weighted by atomic mass is 9.75. The lowest BCUT2D eigenvalue weighted by Crippen LogP contribution is -2.59. The summed E-state index contributed by atoms with van der Waals surface area (Å²) in [6, 6.07) is 9.93. The number of hydrogen-bond donors (Lipinski definition) is 0. The van der Waals surface area contributed by atoms with Gasteiger partial charge in [0.2, 0.25) is 5.91 Å². The summed E-state index contributed by atoms with van der Waals surface area (Å²) in [4.78, 5) is 14.2. The van der Waals surface area contributed by atoms with Crippen LogP contribution in [0.1, 0.15) is 25.7 Å². The Morgan fingerprint density at radius 1 is 1.22 bits per heavy atom. The maximum atomic E-state index is 12.3. The second-order valence-electron chi connectivity index (χ2n) is 5.64. The quantitative estimate of drug-likeness (QED) is 0.590. The van der Waals surface area contributed by atoms with Crippen LogP contribution in [-0.2, 0) is 9.53 Å². The number of rotatable bonds is 2. The van der Waals surface area contributed by atoms with Crippen LogP contribution in [0.4, 0.5) is 5.69 Å². The number of carbonyl (C=O) groups is 1. The molecule has 0 N–H and O–H groups in total. The molecule has 3 atom stereocenters. The smallest absolute Gasteiger partial charge is 0.234 e. The number of nitrogens with zero attached hydrogens (tertiary/aromatic N) is 1. The van der Waals surface area contributed by atoms with Crippen molar-refractivity contribution in [2.45, 2.75) is 37.4 Å². The zero-order chi connectivity index (χ0) is 12.2. The van der Waals surface area contributed by atoms with Crippen LogP contribution in [0, 0.1) is 5.92 Å². The molecule has 3 aliphatic rings. The van der Waals surface area contributed by atoms with Crippen LogP contribution in [0.15, 0.2) is 30.3 Å². The molecule has 1 aromatic rings. The SMILES string of the molecule is O=C1C(C23CCCCC2O3)CN1c1ccccc1. The third-order valence-electron chi connectivity index (χ3n) is 4.72. The van der Waals surface area contributed by atoms with Gasteiger partial charge in [0.1, 0.15) is 5.60 Å². The Bertz CT molecular complexity index is 487. The first kappa shape index (κ1) is 10.6. The molecule has 1 aromatic carbocycles. The van der Waals surface area contributed by atoms with Gasteiger partial charge in [0.25, 0.3) is 0 Å². The molecule has 1 saturated carbocycles. The van der Waals surface area contributed by atoms with Crippen molar-refractivity contribution in [3.63, 3.8) is 0 Å². The van der Waals surface area contributed by atoms with Crippen LogP contribution in [0.3, 0.4) is 0 Å². The van der Waals surface area contributed by atoms with Crippen molar-refractivity contribution in [1.82, 2.24) is 0 Å². The summed E-state index contributed by atoms with van der Waals surface area (Å²) in [5.74, 6) is 0.369. The van der Waals surface area contributed by atoms with Crippen molar-refractivity contribution in [1.29, 1.82) is 0 Å². The second kappa shape index (κ2) is 3.58. The summed E-state index contributed by atoms with van der Waals surface area (Å²) in [5, 5.41) is 0. The highest BCUT2D eigenvalue weighted by Crippen LogP contribution is 2.55. The fourth-order valence-corrected chi connectivity index (χ4v) is 3.60. The van der Waals surface area contributed by atoms with Gasteiger partial charge in [0.05, 0.1) is 12.0 Å². The van der Waals surface area contributed by atoms with Gasteiger partial charge >= 0.3 is 0 Å². The molecule has 3 nitrogen and oxygen atoms in total. The van der Waals surface area contributed by atoms with Crippen LogP contribution >= 0.6 is 0 Å². The van der Waals surface area contributed by atoms with Gasteiger partial charge in [-0.05, 0) is 25.0 Å². The molecular formula is C15H17NO2. The number of β-lactam (4-membered cyclic amide) rings is 1. The molecular weight excluding hydrogens is 226 g/mol. The van der Waals surface area contributed by atoms with E-state index in [1.807, 2.05) is 35.2 Å². The van der Waals surface area contributed by atoms with Gasteiger partial charge in [-0.25, -0.2) is 0 Å². The van der Waals surface area contributed by atoms with Gasteiger partial charge in [-0.1, -0.05) is 31.0 Å². The van der Waals surface area contributed by atoms with E-state index in [9.17, 15) is 4.79 Å². The molecule has 3 fully saturated rings. The molecule has 0 aromatic heterocycles. The van der Waals surface area contributed by atoms with Crippen LogP contribution in [0.5, 0.6) is 0 Å². The van der Waals surface area contributed by atoms with E-state index in [1.165, 1.54) is 12.8 Å². The highest BCUT2D eigenvalue weighted by Gasteiger charge is 2.67. The summed E-state index contributed by atoms with van der Waals surface area (Å²) >= 11 is 0. The number of benzene rings is 1. The maximum Gasteiger partial charge on any atom is 0.234 e. The average Bonchev–Trinajstić information content (AvgIpc) is 3.13. The lowest BCUT2D eigenvalue weighted by Gasteiger charge is -2.42. The van der Waals surface area contributed by atoms with Crippen molar-refractivity contribution in [3.8, 4) is 0 Å². The Kier molecular flexibility index (Phi) is 2.10. The minimum atomic E-state index is -0.0688. The number of hydrogen-bond acceptors (Lipinski definition) is 2. The van der Waals surface area contributed by atoms with Gasteiger partial charge in [0.15, 0.2) is 0 Å². The minimum Gasteiger partial charge on any atom is -0.365 e. The van der Waals surface area contributed by atoms with E-state index >= 15 is 0 Å². The Morgan fingerprint density at radius 3 is 2.78 bits per heavy atom. The first-order valence-electron chi connectivity index (χ1n) is 6.85. The molecule has 94 valence electrons. The Hall–Kier alpha value is -1.35. The third kappa shape index (κ3) is 1.31. The number of carbonyl (C=O) groups excluding carboxylic acids is 1. The number of epoxide rings is 1. The lowest BCUT2D eigenvalue weighted by molar-refractivity contribution is -0.130. The number of amides is 1. The van der Waals surface area contributed by atoms with Crippen molar-refractivity contribution >= 4 is 11.6 Å². The highest BCUT2D eigenvalue weighted by atomic mass is 16.6. The number of para-hydroxylation sites is 1. The van der Waals surface area contributed by atoms with Gasteiger partial charge in [0, 0.05) is 12.2 Å². The summed E-state index contributed by atoms with van der Waals surface area (Å²) in [7, 11) is 0. The molecule has 0 radical (unpaired) electrons. The van der Waals surface area contributed by atoms with Crippen LogP contribution < -0.4 is 4.90 Å². The van der Waals surface area contributed by atoms with E-state index < -0.39 is 0 Å². The van der Waals surface area contributed by atoms with Crippen molar-refractivity contribution in [2.24, 2.45) is 5.92 Å². The van der Waals surface area contributed by atoms with E-state index in [-0.39, 0.29) is 17.4 Å². The Labute approximate surface area is 107 Å². The molecule has 4 rings (SSSR count). The average molecular weight is 243 g/mol. The third-order valence-corrected chi connectivity index (χ3v) is 4.72. The maximum absolute atomic E-state index is 12.3. The van der Waals surface area contributed by atoms with Gasteiger partial charge < -0.3 is 9.64 Å². The Morgan fingerprint density at radius 2 is 2.06 bits per heavy atom. The number of anilines is 1. The normalized spacial score (nSPS) is 38.0. The predicted octanol–water partition coefficient (Wildman–Crippen LogP) is 2.36. The molecule has 2 saturated heterocycles. The number of fused-ring (bicyclic) bond motifs is 1. The topological polar surface area (TPSA) is 32.8 Å². The van der Waals surface area contributed by atoms with E-state index in [4.69, 9.17) is 4.74 Å². The molecule has 3 unspecified atom stereocenters. The first-order valence-corrected chi connectivity index (χ1v) is 6.85. The zero-order valence-electron chi connectivity index (χ0n) is 10.3. The Balaban J connectivity index is 1.51. The fraction of sp³-hybridized carbons (Fsp3) is 0.533. The van der Waals surface area contributed by atoms with Crippen molar-refractivity contribution in [3.05, 3.63) is 30.3 Å². The predicted molar refractivity (Wildman–Crippen MR) is 68.4 cm³/mol. The monoisotopic (exact) mass is 243 g/mol. The summed E-state index contributed by atoms with van der Waals surface area (Å²) in [6.45, 7) is 0.833. The summed E-state index contributed by atoms with van der Waals surface area (Å²) in [6.07, 6.45) is 5.07. The van der Waals surface area contributed by atoms with E-state index in [1.54, 1.807) is 0 Å². The van der Waals surface area contributed by atoms with Crippen LogP contribution in [0.25, 0.3) is 0 Å². The van der Waals surface area contributed by atoms with E-state index in [0.717, 1.165) is 25.1 Å². The fourth-order valence-electron chi connectivity index (χ4n) is 3.60. The molecule has 1 amide bonds. The summed E-state index contributed by atoms with van der Waals surface area (Å²) in [5.41, 5.74) is 0.948. The van der Waals surface area contributed by atoms with E-state index in [2.05, 4.69) is 0 Å². The standard InChI is InChI=1S/C15H17NO2/c17-14-12(15-9-5-4-8-13(15)18-15)10-16(14)11-6-2-1-3-7-11/h1-3,6-7,12-13H,4-5,8-10H2. The first-order chi connectivity index (χ1) is 8.81. The molecule has 0 bridgehead atoms. The zero-order valence-corrected chi connectivity index (χ0v) is 10.3. The minimum absolute atomic E-state index is 0.0688. The van der Waals surface area contributed by atoms with Gasteiger partial charge in [-0.3, -0.25) is 4.79 Å². The molecule has 3 heteroatoms. The molecule has 2 heterocycles. The highest BCUT2D eigenvalue weighted by molar-refractivity contribution is 6.02. The molecule has 2 aliphatic heterocycles. The van der Waals surface area contributed by atoms with Gasteiger partial charge in [-0.2, -0.15) is 0 Å². The summed E-state index contributed by atoms with van der Waals surface area (Å²) < 4.78 is 5.88. The van der Waals surface area contributed by atoms with Crippen LogP contribution in [0.2, 0.25) is 0 Å². The number of ether oxygens (including phenoxy) is 1. The van der Waals surface area contributed by atoms with Crippen LogP contribution in [-0.4, -0.2) is 24.2 Å². The van der Waals surface area contributed by atoms with E-state index in [0.29, 0.717) is 6.10 Å². The molecule has 1 aliphatic carbocycles. The van der Waals surface area contributed by atoms with Crippen molar-refractivity contribution in [2.75, 3.05) is 11.4 Å². The molecule has 0 spiro atoms. The van der Waals surface area contributed by atoms with Crippen molar-refractivity contribution < 1.29 is 9.53 Å². The van der Waals surface area contributed by atoms with Gasteiger partial charge in [-0.15, -0.1) is 0 Å². The second-order valence-corrected chi connectivity index (χ2v) is 5.64. The molecule has 18 heavy (non-hydrogen) atoms. The largest absolute Gasteiger partial charge is 0.365 e.